The number of ether oxygens (including phenoxy) is 1. The first-order valence-corrected chi connectivity index (χ1v) is 14.1. The number of β-lactam (4-membered cyclic amide) rings is 1. The number of carbonyl (C=O) groups excluding carboxylic acids is 3. The summed E-state index contributed by atoms with van der Waals surface area (Å²) in [5.41, 5.74) is 9.29. The van der Waals surface area contributed by atoms with Gasteiger partial charge in [0.05, 0.1) is 24.8 Å². The molecule has 0 aliphatic carbocycles. The number of aromatic nitrogens is 2. The third kappa shape index (κ3) is 6.03. The number of carboxylic acid groups (broad SMARTS) is 1. The molecule has 1 saturated heterocycles. The van der Waals surface area contributed by atoms with E-state index in [1.54, 1.807) is 17.2 Å². The molecule has 202 valence electrons. The van der Waals surface area contributed by atoms with Crippen LogP contribution < -0.4 is 26.3 Å². The lowest BCUT2D eigenvalue weighted by atomic mass is 10.0. The number of oxime groups is 1. The number of pyridine rings is 1. The number of carbonyl (C=O) groups is 3. The van der Waals surface area contributed by atoms with E-state index in [9.17, 15) is 19.5 Å². The van der Waals surface area contributed by atoms with E-state index >= 15 is 0 Å². The minimum absolute atomic E-state index is 0.140. The Morgan fingerprint density at radius 2 is 2.13 bits per heavy atom. The van der Waals surface area contributed by atoms with Gasteiger partial charge in [0.1, 0.15) is 24.2 Å². The van der Waals surface area contributed by atoms with Crippen LogP contribution >= 0.6 is 34.9 Å². The Morgan fingerprint density at radius 1 is 1.37 bits per heavy atom. The monoisotopic (exact) mass is 579 g/mol. The number of hydrogen-bond acceptors (Lipinski definition) is 13. The molecule has 2 aliphatic heterocycles. The second-order valence-corrected chi connectivity index (χ2v) is 11.0. The Labute approximate surface area is 230 Å². The van der Waals surface area contributed by atoms with Crippen LogP contribution in [0.25, 0.3) is 0 Å². The Morgan fingerprint density at radius 3 is 2.76 bits per heavy atom. The van der Waals surface area contributed by atoms with Crippen LogP contribution in [0.3, 0.4) is 0 Å². The van der Waals surface area contributed by atoms with Crippen LogP contribution in [0, 0.1) is 0 Å². The summed E-state index contributed by atoms with van der Waals surface area (Å²) < 4.78 is 6.81. The first-order chi connectivity index (χ1) is 18.3. The predicted octanol–water partition coefficient (Wildman–Crippen LogP) is -1.25. The van der Waals surface area contributed by atoms with Crippen LogP contribution in [0.15, 0.2) is 51.2 Å². The molecule has 16 heteroatoms. The van der Waals surface area contributed by atoms with Gasteiger partial charge >= 0.3 is 0 Å². The number of rotatable bonds is 12. The van der Waals surface area contributed by atoms with Crippen molar-refractivity contribution in [2.75, 3.05) is 50.0 Å². The molecule has 2 aliphatic rings. The number of carboxylic acids is 1. The van der Waals surface area contributed by atoms with Gasteiger partial charge in [-0.25, -0.2) is 4.98 Å². The lowest BCUT2D eigenvalue weighted by Crippen LogP contribution is -2.71. The van der Waals surface area contributed by atoms with E-state index < -0.39 is 29.2 Å². The number of aliphatic carboxylic acids is 1. The van der Waals surface area contributed by atoms with Gasteiger partial charge in [0.15, 0.2) is 10.8 Å². The zero-order valence-electron chi connectivity index (χ0n) is 20.4. The summed E-state index contributed by atoms with van der Waals surface area (Å²) in [6, 6.07) is 2.86. The van der Waals surface area contributed by atoms with Crippen molar-refractivity contribution in [2.24, 2.45) is 5.16 Å². The lowest BCUT2D eigenvalue weighted by molar-refractivity contribution is -0.650. The SMILES string of the molecule is COCCN[n+]1ccc(SCC2=C(C(=O)[O-])N3C(=O)[C@@H](NC(=O)/C(=N\OC)c4csc(N)n4)[C@H]3SC2)cc1. The number of hydrogen-bond donors (Lipinski definition) is 3. The molecule has 1 fully saturated rings. The molecule has 2 atom stereocenters. The van der Waals surface area contributed by atoms with E-state index in [0.29, 0.717) is 30.2 Å². The van der Waals surface area contributed by atoms with Crippen molar-refractivity contribution < 1.29 is 33.7 Å². The van der Waals surface area contributed by atoms with Gasteiger partial charge in [-0.3, -0.25) is 14.5 Å². The summed E-state index contributed by atoms with van der Waals surface area (Å²) in [5, 5.41) is 19.6. The number of nitrogens with one attached hydrogen (secondary N) is 2. The molecule has 38 heavy (non-hydrogen) atoms. The van der Waals surface area contributed by atoms with E-state index in [-0.39, 0.29) is 22.2 Å². The molecule has 2 aromatic rings. The fourth-order valence-corrected chi connectivity index (χ4v) is 6.66. The van der Waals surface area contributed by atoms with Crippen molar-refractivity contribution in [3.05, 3.63) is 46.9 Å². The molecule has 4 heterocycles. The van der Waals surface area contributed by atoms with Crippen molar-refractivity contribution in [2.45, 2.75) is 16.3 Å². The van der Waals surface area contributed by atoms with Crippen LogP contribution in [0.1, 0.15) is 5.69 Å². The fourth-order valence-electron chi connectivity index (χ4n) is 3.75. The van der Waals surface area contributed by atoms with Crippen LogP contribution in [-0.2, 0) is 24.0 Å². The number of thiazole rings is 1. The zero-order chi connectivity index (χ0) is 27.2. The molecule has 0 unspecified atom stereocenters. The number of amides is 2. The molecule has 2 aromatic heterocycles. The van der Waals surface area contributed by atoms with Crippen molar-refractivity contribution in [3.8, 4) is 0 Å². The molecule has 0 spiro atoms. The van der Waals surface area contributed by atoms with Gasteiger partial charge in [0, 0.05) is 41.0 Å². The topological polar surface area (TPSA) is 175 Å². The van der Waals surface area contributed by atoms with E-state index in [4.69, 9.17) is 15.3 Å². The number of anilines is 1. The standard InChI is InChI=1S/C22H25N7O6S3/c1-34-8-5-24-28-6-3-13(4-7-28)36-9-12-10-37-20-16(19(31)29(20)17(12)21(32)33)26-18(30)15(27-35-2)14-11-38-22(23)25-14/h3-4,6-7,11,16,20,24H,5,8-10H2,1-2H3,(H3-,23,25,26,30,32,33)/b27-15-/t16-,20-/m1/s1. The van der Waals surface area contributed by atoms with Gasteiger partial charge in [-0.1, -0.05) is 9.83 Å². The Kier molecular flexibility index (Phi) is 9.09. The lowest BCUT2D eigenvalue weighted by Gasteiger charge is -2.50. The largest absolute Gasteiger partial charge is 0.543 e. The highest BCUT2D eigenvalue weighted by Crippen LogP contribution is 2.41. The smallest absolute Gasteiger partial charge is 0.276 e. The molecule has 0 bridgehead atoms. The predicted molar refractivity (Wildman–Crippen MR) is 141 cm³/mol. The van der Waals surface area contributed by atoms with E-state index in [1.807, 2.05) is 24.5 Å². The highest BCUT2D eigenvalue weighted by molar-refractivity contribution is 8.01. The second kappa shape index (κ2) is 12.5. The van der Waals surface area contributed by atoms with Crippen LogP contribution in [0.2, 0.25) is 0 Å². The third-order valence-corrected chi connectivity index (χ3v) is 8.61. The van der Waals surface area contributed by atoms with Crippen LogP contribution in [-0.4, -0.2) is 83.7 Å². The van der Waals surface area contributed by atoms with Crippen molar-refractivity contribution in [1.29, 1.82) is 0 Å². The molecule has 4 rings (SSSR count). The molecular formula is C22H25N7O6S3. The van der Waals surface area contributed by atoms with Gasteiger partial charge < -0.3 is 30.5 Å². The molecule has 0 aromatic carbocycles. The Bertz CT molecular complexity index is 1270. The number of thioether (sulfide) groups is 2. The van der Waals surface area contributed by atoms with Gasteiger partial charge in [0.25, 0.3) is 11.8 Å². The average molecular weight is 580 g/mol. The van der Waals surface area contributed by atoms with E-state index in [2.05, 4.69) is 20.9 Å². The van der Waals surface area contributed by atoms with Gasteiger partial charge in [-0.15, -0.1) is 34.9 Å². The van der Waals surface area contributed by atoms with Crippen LogP contribution in [0.4, 0.5) is 5.13 Å². The molecule has 0 radical (unpaired) electrons. The highest BCUT2D eigenvalue weighted by atomic mass is 32.2. The third-order valence-electron chi connectivity index (χ3n) is 5.50. The summed E-state index contributed by atoms with van der Waals surface area (Å²) in [7, 11) is 2.91. The maximum Gasteiger partial charge on any atom is 0.276 e. The number of nitrogens with two attached hydrogens (primary N) is 1. The number of nitrogen functional groups attached to an aromatic ring is 1. The number of nitrogens with zero attached hydrogens (tertiary/aromatic N) is 4. The summed E-state index contributed by atoms with van der Waals surface area (Å²) in [4.78, 5) is 48.8. The quantitative estimate of drug-likeness (QED) is 0.0684. The van der Waals surface area contributed by atoms with E-state index in [1.165, 1.54) is 35.5 Å². The molecular weight excluding hydrogens is 554 g/mol. The summed E-state index contributed by atoms with van der Waals surface area (Å²) >= 11 is 3.95. The molecule has 4 N–H and O–H groups in total. The fraction of sp³-hybridized carbons (Fsp3) is 0.364. The van der Waals surface area contributed by atoms with Crippen molar-refractivity contribution >= 4 is 63.5 Å². The minimum Gasteiger partial charge on any atom is -0.543 e. The summed E-state index contributed by atoms with van der Waals surface area (Å²) in [5.74, 6) is -1.94. The van der Waals surface area contributed by atoms with Crippen LogP contribution in [0.5, 0.6) is 0 Å². The number of methoxy groups -OCH3 is 1. The molecule has 2 amide bonds. The summed E-state index contributed by atoms with van der Waals surface area (Å²) in [6.45, 7) is 1.23. The minimum atomic E-state index is -1.43. The maximum absolute atomic E-state index is 13.0. The van der Waals surface area contributed by atoms with Gasteiger partial charge in [-0.05, 0) is 5.57 Å². The van der Waals surface area contributed by atoms with Crippen molar-refractivity contribution in [1.82, 2.24) is 15.2 Å². The maximum atomic E-state index is 13.0. The van der Waals surface area contributed by atoms with Gasteiger partial charge in [0.2, 0.25) is 12.4 Å². The summed E-state index contributed by atoms with van der Waals surface area (Å²) in [6.07, 6.45) is 3.70. The second-order valence-electron chi connectivity index (χ2n) is 7.92. The molecule has 0 saturated carbocycles. The number of fused-ring (bicyclic) bond motifs is 1. The highest BCUT2D eigenvalue weighted by Gasteiger charge is 2.53. The van der Waals surface area contributed by atoms with E-state index in [0.717, 1.165) is 16.2 Å². The normalized spacial score (nSPS) is 19.1. The van der Waals surface area contributed by atoms with Crippen molar-refractivity contribution in [3.63, 3.8) is 0 Å². The zero-order valence-corrected chi connectivity index (χ0v) is 22.9. The molecule has 13 nitrogen and oxygen atoms in total. The first kappa shape index (κ1) is 27.7. The van der Waals surface area contributed by atoms with Gasteiger partial charge in [-0.2, -0.15) is 5.43 Å². The Hall–Kier alpha value is -3.34. The first-order valence-electron chi connectivity index (χ1n) is 11.2. The Balaban J connectivity index is 1.42. The average Bonchev–Trinajstić information content (AvgIpc) is 3.34.